The van der Waals surface area contributed by atoms with Crippen LogP contribution in [0.25, 0.3) is 0 Å². The molecule has 92 valence electrons. The van der Waals surface area contributed by atoms with E-state index in [1.807, 2.05) is 33.0 Å². The summed E-state index contributed by atoms with van der Waals surface area (Å²) < 4.78 is 0. The van der Waals surface area contributed by atoms with Crippen molar-refractivity contribution in [3.8, 4) is 0 Å². The lowest BCUT2D eigenvalue weighted by Gasteiger charge is -2.39. The molecule has 0 aromatic heterocycles. The Bertz CT molecular complexity index is 463. The summed E-state index contributed by atoms with van der Waals surface area (Å²) in [7, 11) is 1.86. The van der Waals surface area contributed by atoms with Gasteiger partial charge in [-0.15, -0.1) is 0 Å². The minimum atomic E-state index is -0.530. The summed E-state index contributed by atoms with van der Waals surface area (Å²) in [5.74, 6) is 0.515. The van der Waals surface area contributed by atoms with Crippen LogP contribution < -0.4 is 10.2 Å². The summed E-state index contributed by atoms with van der Waals surface area (Å²) >= 11 is 0. The van der Waals surface area contributed by atoms with E-state index in [2.05, 4.69) is 25.2 Å². The maximum Gasteiger partial charge on any atom is 0.251 e. The van der Waals surface area contributed by atoms with Crippen molar-refractivity contribution in [2.75, 3.05) is 17.3 Å². The average molecular weight is 232 g/mol. The summed E-state index contributed by atoms with van der Waals surface area (Å²) in [6.07, 6.45) is 0. The molecule has 3 heteroatoms. The van der Waals surface area contributed by atoms with Crippen LogP contribution in [0.2, 0.25) is 0 Å². The third-order valence-electron chi connectivity index (χ3n) is 3.31. The Hall–Kier alpha value is -1.51. The monoisotopic (exact) mass is 232 g/mol. The molecule has 0 unspecified atom stereocenters. The predicted octanol–water partition coefficient (Wildman–Crippen LogP) is 2.98. The Kier molecular flexibility index (Phi) is 2.64. The highest BCUT2D eigenvalue weighted by molar-refractivity contribution is 6.07. The first-order valence-electron chi connectivity index (χ1n) is 6.04. The van der Waals surface area contributed by atoms with E-state index in [1.54, 1.807) is 4.90 Å². The predicted molar refractivity (Wildman–Crippen MR) is 71.6 cm³/mol. The molecule has 0 fully saturated rings. The third-order valence-corrected chi connectivity index (χ3v) is 3.31. The molecule has 0 saturated carbocycles. The van der Waals surface area contributed by atoms with E-state index < -0.39 is 5.54 Å². The first kappa shape index (κ1) is 12.0. The van der Waals surface area contributed by atoms with Crippen molar-refractivity contribution in [2.45, 2.75) is 39.2 Å². The van der Waals surface area contributed by atoms with Crippen molar-refractivity contribution in [3.63, 3.8) is 0 Å². The van der Waals surface area contributed by atoms with E-state index in [0.29, 0.717) is 5.92 Å². The molecular formula is C14H20N2O. The molecule has 1 N–H and O–H groups in total. The first-order valence-corrected chi connectivity index (χ1v) is 6.04. The summed E-state index contributed by atoms with van der Waals surface area (Å²) in [4.78, 5) is 14.0. The Morgan fingerprint density at radius 2 is 1.94 bits per heavy atom. The Balaban J connectivity index is 2.61. The standard InChI is InChI=1S/C14H20N2O/c1-9(2)10-7-6-8-11-12(10)16(5)13(17)14(3,4)15-11/h6-9,15H,1-5H3. The van der Waals surface area contributed by atoms with Gasteiger partial charge in [0.25, 0.3) is 5.91 Å². The molecule has 0 saturated heterocycles. The first-order chi connectivity index (χ1) is 7.84. The maximum atomic E-state index is 12.2. The molecule has 3 nitrogen and oxygen atoms in total. The lowest BCUT2D eigenvalue weighted by molar-refractivity contribution is -0.121. The molecule has 1 amide bonds. The van der Waals surface area contributed by atoms with Crippen LogP contribution in [0.15, 0.2) is 18.2 Å². The van der Waals surface area contributed by atoms with Gasteiger partial charge >= 0.3 is 0 Å². The van der Waals surface area contributed by atoms with Gasteiger partial charge in [-0.25, -0.2) is 0 Å². The van der Waals surface area contributed by atoms with Crippen LogP contribution in [0.5, 0.6) is 0 Å². The molecule has 1 heterocycles. The highest BCUT2D eigenvalue weighted by Crippen LogP contribution is 2.39. The number of benzene rings is 1. The molecule has 2 rings (SSSR count). The highest BCUT2D eigenvalue weighted by Gasteiger charge is 2.37. The van der Waals surface area contributed by atoms with E-state index in [0.717, 1.165) is 11.4 Å². The highest BCUT2D eigenvalue weighted by atomic mass is 16.2. The fraction of sp³-hybridized carbons (Fsp3) is 0.500. The number of anilines is 2. The number of likely N-dealkylation sites (N-methyl/N-ethyl adjacent to an activating group) is 1. The van der Waals surface area contributed by atoms with Crippen LogP contribution in [-0.2, 0) is 4.79 Å². The second-order valence-electron chi connectivity index (χ2n) is 5.51. The Morgan fingerprint density at radius 3 is 2.53 bits per heavy atom. The van der Waals surface area contributed by atoms with Gasteiger partial charge in [0.2, 0.25) is 0 Å². The molecule has 1 aromatic rings. The fourth-order valence-corrected chi connectivity index (χ4v) is 2.41. The number of nitrogens with one attached hydrogen (secondary N) is 1. The van der Waals surface area contributed by atoms with Crippen LogP contribution in [0, 0.1) is 0 Å². The lowest BCUT2D eigenvalue weighted by Crippen LogP contribution is -2.52. The molecule has 0 atom stereocenters. The van der Waals surface area contributed by atoms with Crippen LogP contribution in [0.1, 0.15) is 39.2 Å². The third kappa shape index (κ3) is 1.79. The molecule has 17 heavy (non-hydrogen) atoms. The Labute approximate surface area is 103 Å². The number of carbonyl (C=O) groups is 1. The normalized spacial score (nSPS) is 18.0. The van der Waals surface area contributed by atoms with Gasteiger partial charge in [-0.2, -0.15) is 0 Å². The zero-order chi connectivity index (χ0) is 12.8. The van der Waals surface area contributed by atoms with Gasteiger partial charge in [0.15, 0.2) is 0 Å². The number of amides is 1. The second kappa shape index (κ2) is 3.76. The van der Waals surface area contributed by atoms with E-state index in [9.17, 15) is 4.79 Å². The summed E-state index contributed by atoms with van der Waals surface area (Å²) in [6.45, 7) is 8.12. The Morgan fingerprint density at radius 1 is 1.29 bits per heavy atom. The summed E-state index contributed by atoms with van der Waals surface area (Å²) in [6, 6.07) is 6.17. The van der Waals surface area contributed by atoms with Crippen molar-refractivity contribution in [1.29, 1.82) is 0 Å². The molecule has 1 aliphatic rings. The molecule has 0 aliphatic carbocycles. The van der Waals surface area contributed by atoms with Crippen LogP contribution in [-0.4, -0.2) is 18.5 Å². The van der Waals surface area contributed by atoms with Crippen molar-refractivity contribution >= 4 is 17.3 Å². The summed E-state index contributed by atoms with van der Waals surface area (Å²) in [5.41, 5.74) is 2.74. The van der Waals surface area contributed by atoms with Crippen LogP contribution >= 0.6 is 0 Å². The zero-order valence-corrected chi connectivity index (χ0v) is 11.2. The minimum Gasteiger partial charge on any atom is -0.370 e. The second-order valence-corrected chi connectivity index (χ2v) is 5.51. The topological polar surface area (TPSA) is 32.3 Å². The van der Waals surface area contributed by atoms with Gasteiger partial charge < -0.3 is 10.2 Å². The SMILES string of the molecule is CC(C)c1cccc2c1N(C)C(=O)C(C)(C)N2. The number of carbonyl (C=O) groups excluding carboxylic acids is 1. The fourth-order valence-electron chi connectivity index (χ4n) is 2.41. The van der Waals surface area contributed by atoms with Gasteiger partial charge in [0, 0.05) is 7.05 Å². The average Bonchev–Trinajstić information content (AvgIpc) is 2.24. The van der Waals surface area contributed by atoms with Gasteiger partial charge in [-0.3, -0.25) is 4.79 Å². The van der Waals surface area contributed by atoms with Crippen LogP contribution in [0.3, 0.4) is 0 Å². The van der Waals surface area contributed by atoms with E-state index in [1.165, 1.54) is 5.56 Å². The molecule has 0 bridgehead atoms. The molecule has 1 aromatic carbocycles. The zero-order valence-electron chi connectivity index (χ0n) is 11.2. The van der Waals surface area contributed by atoms with Gasteiger partial charge in [0.1, 0.15) is 5.54 Å². The lowest BCUT2D eigenvalue weighted by atomic mass is 9.93. The van der Waals surface area contributed by atoms with Crippen molar-refractivity contribution in [1.82, 2.24) is 0 Å². The quantitative estimate of drug-likeness (QED) is 0.807. The smallest absolute Gasteiger partial charge is 0.251 e. The molecule has 0 spiro atoms. The van der Waals surface area contributed by atoms with Crippen molar-refractivity contribution in [3.05, 3.63) is 23.8 Å². The summed E-state index contributed by atoms with van der Waals surface area (Å²) in [5, 5.41) is 3.32. The van der Waals surface area contributed by atoms with E-state index in [-0.39, 0.29) is 5.91 Å². The van der Waals surface area contributed by atoms with Crippen molar-refractivity contribution < 1.29 is 4.79 Å². The van der Waals surface area contributed by atoms with Crippen LogP contribution in [0.4, 0.5) is 11.4 Å². The number of hydrogen-bond donors (Lipinski definition) is 1. The van der Waals surface area contributed by atoms with E-state index >= 15 is 0 Å². The number of fused-ring (bicyclic) bond motifs is 1. The number of hydrogen-bond acceptors (Lipinski definition) is 2. The minimum absolute atomic E-state index is 0.109. The van der Waals surface area contributed by atoms with Crippen molar-refractivity contribution in [2.24, 2.45) is 0 Å². The maximum absolute atomic E-state index is 12.2. The molecular weight excluding hydrogens is 212 g/mol. The molecule has 0 radical (unpaired) electrons. The number of nitrogens with zero attached hydrogens (tertiary/aromatic N) is 1. The van der Waals surface area contributed by atoms with Gasteiger partial charge in [0.05, 0.1) is 11.4 Å². The molecule has 1 aliphatic heterocycles. The van der Waals surface area contributed by atoms with Gasteiger partial charge in [-0.1, -0.05) is 26.0 Å². The largest absolute Gasteiger partial charge is 0.370 e. The number of para-hydroxylation sites is 1. The number of rotatable bonds is 1. The van der Waals surface area contributed by atoms with E-state index in [4.69, 9.17) is 0 Å². The van der Waals surface area contributed by atoms with Gasteiger partial charge in [-0.05, 0) is 31.4 Å².